The van der Waals surface area contributed by atoms with Crippen LogP contribution in [0.1, 0.15) is 55.4 Å². The highest BCUT2D eigenvalue weighted by atomic mass is 16.5. The van der Waals surface area contributed by atoms with Gasteiger partial charge in [0.25, 0.3) is 0 Å². The lowest BCUT2D eigenvalue weighted by atomic mass is 9.73. The number of ketones is 1. The monoisotopic (exact) mass is 406 g/mol. The first-order valence-electron chi connectivity index (χ1n) is 9.01. The van der Waals surface area contributed by atoms with Crippen molar-refractivity contribution >= 4 is 17.7 Å². The quantitative estimate of drug-likeness (QED) is 0.407. The number of carbonyl (C=O) groups is 3. The van der Waals surface area contributed by atoms with Crippen LogP contribution < -0.4 is 0 Å². The molecule has 0 aromatic carbocycles. The van der Waals surface area contributed by atoms with Crippen molar-refractivity contribution < 1.29 is 39.2 Å². The van der Waals surface area contributed by atoms with Crippen molar-refractivity contribution in [3.05, 3.63) is 0 Å². The van der Waals surface area contributed by atoms with Crippen LogP contribution in [0.15, 0.2) is 0 Å². The summed E-state index contributed by atoms with van der Waals surface area (Å²) in [5.41, 5.74) is -3.86. The van der Waals surface area contributed by atoms with Crippen molar-refractivity contribution in [2.24, 2.45) is 21.7 Å². The first-order valence-corrected chi connectivity index (χ1v) is 9.01. The molecule has 8 heteroatoms. The van der Waals surface area contributed by atoms with E-state index in [0.717, 1.165) is 0 Å². The van der Waals surface area contributed by atoms with Gasteiger partial charge < -0.3 is 24.8 Å². The summed E-state index contributed by atoms with van der Waals surface area (Å²) in [4.78, 5) is 35.0. The highest BCUT2D eigenvalue weighted by molar-refractivity contribution is 6.13. The van der Waals surface area contributed by atoms with Crippen LogP contribution in [0.4, 0.5) is 0 Å². The van der Waals surface area contributed by atoms with Gasteiger partial charge in [-0.2, -0.15) is 0 Å². The Hall–Kier alpha value is -1.51. The average molecular weight is 407 g/mol. The van der Waals surface area contributed by atoms with Crippen molar-refractivity contribution in [3.8, 4) is 0 Å². The summed E-state index contributed by atoms with van der Waals surface area (Å²) >= 11 is 0. The predicted molar refractivity (Wildman–Crippen MR) is 104 cm³/mol. The Morgan fingerprint density at radius 3 is 1.14 bits per heavy atom. The number of hydrogen-bond acceptors (Lipinski definition) is 8. The second-order valence-corrected chi connectivity index (χ2v) is 9.26. The van der Waals surface area contributed by atoms with Gasteiger partial charge in [-0.25, -0.2) is 0 Å². The zero-order valence-electron chi connectivity index (χ0n) is 18.9. The number of Topliss-reactive ketones (excluding diaryl/α,β-unsaturated/α-hetero) is 1. The molecule has 0 saturated heterocycles. The van der Waals surface area contributed by atoms with E-state index in [1.54, 1.807) is 27.7 Å². The normalized spacial score (nSPS) is 12.8. The van der Waals surface area contributed by atoms with E-state index in [1.165, 1.54) is 41.9 Å². The van der Waals surface area contributed by atoms with Crippen LogP contribution in [0, 0.1) is 21.7 Å². The summed E-state index contributed by atoms with van der Waals surface area (Å²) in [5.74, 6) is -1.87. The molecule has 0 bridgehead atoms. The molecular formula is C20H38O8. The highest BCUT2D eigenvalue weighted by Crippen LogP contribution is 2.33. The lowest BCUT2D eigenvalue weighted by molar-refractivity contribution is -0.165. The van der Waals surface area contributed by atoms with Crippen LogP contribution >= 0.6 is 0 Å². The van der Waals surface area contributed by atoms with Gasteiger partial charge in [0, 0.05) is 10.8 Å². The molecule has 0 unspecified atom stereocenters. The van der Waals surface area contributed by atoms with E-state index in [-0.39, 0.29) is 13.2 Å². The van der Waals surface area contributed by atoms with Crippen molar-refractivity contribution in [2.75, 3.05) is 27.4 Å². The molecule has 0 radical (unpaired) electrons. The van der Waals surface area contributed by atoms with Crippen molar-refractivity contribution in [1.82, 2.24) is 0 Å². The van der Waals surface area contributed by atoms with Crippen molar-refractivity contribution in [3.63, 3.8) is 0 Å². The molecule has 3 N–H and O–H groups in total. The van der Waals surface area contributed by atoms with E-state index in [9.17, 15) is 19.5 Å². The number of hydrogen-bond donors (Lipinski definition) is 3. The van der Waals surface area contributed by atoms with E-state index < -0.39 is 45.5 Å². The molecule has 0 heterocycles. The Morgan fingerprint density at radius 1 is 0.714 bits per heavy atom. The third-order valence-corrected chi connectivity index (χ3v) is 4.82. The highest BCUT2D eigenvalue weighted by Gasteiger charge is 2.49. The summed E-state index contributed by atoms with van der Waals surface area (Å²) in [6.45, 7) is 12.6. The molecule has 166 valence electrons. The summed E-state index contributed by atoms with van der Waals surface area (Å²) in [7, 11) is 2.39. The molecule has 0 spiro atoms. The minimum Gasteiger partial charge on any atom is -0.468 e. The third-order valence-electron chi connectivity index (χ3n) is 4.82. The zero-order valence-corrected chi connectivity index (χ0v) is 18.9. The summed E-state index contributed by atoms with van der Waals surface area (Å²) < 4.78 is 9.07. The molecule has 0 saturated carbocycles. The molecule has 0 atom stereocenters. The van der Waals surface area contributed by atoms with Gasteiger partial charge in [0.15, 0.2) is 5.78 Å². The van der Waals surface area contributed by atoms with Crippen LogP contribution in [-0.4, -0.2) is 66.6 Å². The number of esters is 2. The SMILES string of the molecule is CC(C)(CO)C(O)C(C)(C)CO.COC(=O)C(C)(C)C(=O)C(C)(C)C(=O)OC. The van der Waals surface area contributed by atoms with E-state index in [2.05, 4.69) is 9.47 Å². The first-order chi connectivity index (χ1) is 12.4. The Kier molecular flexibility index (Phi) is 10.6. The molecule has 0 aromatic rings. The maximum absolute atomic E-state index is 12.1. The summed E-state index contributed by atoms with van der Waals surface area (Å²) in [6.07, 6.45) is -0.708. The van der Waals surface area contributed by atoms with E-state index in [4.69, 9.17) is 10.2 Å². The Morgan fingerprint density at radius 2 is 0.964 bits per heavy atom. The molecule has 8 nitrogen and oxygen atoms in total. The van der Waals surface area contributed by atoms with Crippen LogP contribution in [0.25, 0.3) is 0 Å². The van der Waals surface area contributed by atoms with Gasteiger partial charge >= 0.3 is 11.9 Å². The van der Waals surface area contributed by atoms with Crippen LogP contribution in [0.5, 0.6) is 0 Å². The molecule has 0 fully saturated rings. The fourth-order valence-corrected chi connectivity index (χ4v) is 2.71. The number of carbonyl (C=O) groups excluding carboxylic acids is 3. The Bertz CT molecular complexity index is 500. The first kappa shape index (κ1) is 28.7. The molecular weight excluding hydrogens is 368 g/mol. The number of rotatable bonds is 8. The van der Waals surface area contributed by atoms with E-state index in [0.29, 0.717) is 0 Å². The molecule has 0 rings (SSSR count). The Balaban J connectivity index is 0. The van der Waals surface area contributed by atoms with Crippen LogP contribution in [0.2, 0.25) is 0 Å². The van der Waals surface area contributed by atoms with E-state index >= 15 is 0 Å². The Labute approximate surface area is 168 Å². The number of methoxy groups -OCH3 is 2. The molecule has 0 aliphatic heterocycles. The number of aliphatic hydroxyl groups excluding tert-OH is 3. The maximum Gasteiger partial charge on any atom is 0.318 e. The largest absolute Gasteiger partial charge is 0.468 e. The lowest BCUT2D eigenvalue weighted by Crippen LogP contribution is -2.46. The maximum atomic E-state index is 12.1. The van der Waals surface area contributed by atoms with Crippen molar-refractivity contribution in [1.29, 1.82) is 0 Å². The minimum atomic E-state index is -1.37. The third kappa shape index (κ3) is 6.83. The standard InChI is InChI=1S/C11H18O5.C9H20O3/c1-10(2,8(13)15-5)7(12)11(3,4)9(14)16-6;1-8(2,5-10)7(12)9(3,4)6-11/h1-6H3;7,10-12H,5-6H2,1-4H3. The van der Waals surface area contributed by atoms with Crippen molar-refractivity contribution in [2.45, 2.75) is 61.5 Å². The van der Waals surface area contributed by atoms with Gasteiger partial charge in [-0.05, 0) is 27.7 Å². The molecule has 0 amide bonds. The second kappa shape index (κ2) is 10.3. The number of ether oxygens (including phenoxy) is 2. The fourth-order valence-electron chi connectivity index (χ4n) is 2.71. The smallest absolute Gasteiger partial charge is 0.318 e. The molecule has 0 aliphatic rings. The lowest BCUT2D eigenvalue weighted by Gasteiger charge is -2.38. The van der Waals surface area contributed by atoms with Gasteiger partial charge in [-0.1, -0.05) is 27.7 Å². The minimum absolute atomic E-state index is 0.0857. The molecule has 28 heavy (non-hydrogen) atoms. The topological polar surface area (TPSA) is 130 Å². The van der Waals surface area contributed by atoms with Gasteiger partial charge in [0.2, 0.25) is 0 Å². The van der Waals surface area contributed by atoms with Gasteiger partial charge in [-0.15, -0.1) is 0 Å². The fraction of sp³-hybridized carbons (Fsp3) is 0.850. The van der Waals surface area contributed by atoms with Gasteiger partial charge in [0.1, 0.15) is 10.8 Å². The average Bonchev–Trinajstić information content (AvgIpc) is 2.65. The van der Waals surface area contributed by atoms with E-state index in [1.807, 2.05) is 0 Å². The summed E-state index contributed by atoms with van der Waals surface area (Å²) in [6, 6.07) is 0. The predicted octanol–water partition coefficient (Wildman–Crippen LogP) is 1.34. The summed E-state index contributed by atoms with van der Waals surface area (Å²) in [5, 5.41) is 27.7. The van der Waals surface area contributed by atoms with Gasteiger partial charge in [-0.3, -0.25) is 14.4 Å². The number of aliphatic hydroxyl groups is 3. The molecule has 0 aliphatic carbocycles. The molecule has 0 aromatic heterocycles. The van der Waals surface area contributed by atoms with Crippen LogP contribution in [-0.2, 0) is 23.9 Å². The van der Waals surface area contributed by atoms with Crippen LogP contribution in [0.3, 0.4) is 0 Å². The second-order valence-electron chi connectivity index (χ2n) is 9.26. The zero-order chi connectivity index (χ0) is 23.1. The van der Waals surface area contributed by atoms with Gasteiger partial charge in [0.05, 0.1) is 33.5 Å².